The third-order valence-electron chi connectivity index (χ3n) is 8.04. The fourth-order valence-electron chi connectivity index (χ4n) is 5.81. The third-order valence-corrected chi connectivity index (χ3v) is 10.00. The molecule has 0 unspecified atom stereocenters. The summed E-state index contributed by atoms with van der Waals surface area (Å²) in [6, 6.07) is 12.3. The van der Waals surface area contributed by atoms with Gasteiger partial charge in [0.25, 0.3) is 5.91 Å². The van der Waals surface area contributed by atoms with Crippen molar-refractivity contribution in [2.24, 2.45) is 5.73 Å². The number of carbonyl (C=O) groups excluding carboxylic acids is 1. The third kappa shape index (κ3) is 7.09. The molecule has 0 spiro atoms. The minimum Gasteiger partial charge on any atom is -0.385 e. The lowest BCUT2D eigenvalue weighted by atomic mass is 9.88. The summed E-state index contributed by atoms with van der Waals surface area (Å²) in [5.74, 6) is -0.203. The number of ether oxygens (including phenoxy) is 1. The van der Waals surface area contributed by atoms with Crippen molar-refractivity contribution in [2.45, 2.75) is 44.7 Å². The van der Waals surface area contributed by atoms with Gasteiger partial charge in [-0.2, -0.15) is 0 Å². The van der Waals surface area contributed by atoms with Crippen LogP contribution in [0.3, 0.4) is 0 Å². The molecule has 1 amide bonds. The molecule has 1 saturated heterocycles. The fourth-order valence-corrected chi connectivity index (χ4v) is 7.32. The number of rotatable bonds is 14. The van der Waals surface area contributed by atoms with Crippen LogP contribution in [0.15, 0.2) is 61.3 Å². The van der Waals surface area contributed by atoms with Crippen molar-refractivity contribution in [3.63, 3.8) is 0 Å². The van der Waals surface area contributed by atoms with E-state index in [1.807, 2.05) is 36.9 Å². The largest absolute Gasteiger partial charge is 0.385 e. The number of sulfonamides is 1. The van der Waals surface area contributed by atoms with Gasteiger partial charge in [-0.1, -0.05) is 18.2 Å². The Labute approximate surface area is 247 Å². The Morgan fingerprint density at radius 3 is 2.74 bits per heavy atom. The van der Waals surface area contributed by atoms with Gasteiger partial charge in [-0.3, -0.25) is 4.79 Å². The molecule has 2 aromatic heterocycles. The van der Waals surface area contributed by atoms with E-state index >= 15 is 0 Å². The number of benzene rings is 2. The van der Waals surface area contributed by atoms with Crippen LogP contribution in [0.25, 0.3) is 22.0 Å². The molecule has 1 aliphatic heterocycles. The smallest absolute Gasteiger partial charge is 0.250 e. The SMILES string of the molecule is COCCCS(=O)(=O)N1CCC(c2c[nH]c3c(C(N)=O)cc(-c4cccc(CNCCCn5ccnc5)c4)cc23)CC1. The summed E-state index contributed by atoms with van der Waals surface area (Å²) in [6.07, 6.45) is 10.5. The lowest BCUT2D eigenvalue weighted by molar-refractivity contribution is 0.100. The number of methoxy groups -OCH3 is 1. The first kappa shape index (κ1) is 30.0. The number of aryl methyl sites for hydroxylation is 1. The first-order chi connectivity index (χ1) is 20.4. The van der Waals surface area contributed by atoms with Gasteiger partial charge in [0.05, 0.1) is 23.2 Å². The second kappa shape index (κ2) is 13.6. The van der Waals surface area contributed by atoms with Crippen molar-refractivity contribution in [1.29, 1.82) is 0 Å². The number of aromatic amines is 1. The molecule has 4 N–H and O–H groups in total. The molecule has 2 aromatic carbocycles. The predicted octanol–water partition coefficient (Wildman–Crippen LogP) is 3.86. The Balaban J connectivity index is 1.30. The molecular formula is C31H40N6O4S. The molecule has 10 nitrogen and oxygen atoms in total. The molecule has 42 heavy (non-hydrogen) atoms. The quantitative estimate of drug-likeness (QED) is 0.190. The van der Waals surface area contributed by atoms with E-state index in [-0.39, 0.29) is 11.7 Å². The maximum atomic E-state index is 12.8. The highest BCUT2D eigenvalue weighted by molar-refractivity contribution is 7.89. The van der Waals surface area contributed by atoms with Crippen LogP contribution in [0.2, 0.25) is 0 Å². The number of nitrogens with two attached hydrogens (primary N) is 1. The van der Waals surface area contributed by atoms with Crippen molar-refractivity contribution in [3.8, 4) is 11.1 Å². The number of nitrogens with one attached hydrogen (secondary N) is 2. The summed E-state index contributed by atoms with van der Waals surface area (Å²) < 4.78 is 34.2. The summed E-state index contributed by atoms with van der Waals surface area (Å²) >= 11 is 0. The molecule has 0 saturated carbocycles. The van der Waals surface area contributed by atoms with Crippen molar-refractivity contribution in [3.05, 3.63) is 78.0 Å². The van der Waals surface area contributed by atoms with Gasteiger partial charge in [0.2, 0.25) is 10.0 Å². The van der Waals surface area contributed by atoms with Gasteiger partial charge in [-0.15, -0.1) is 0 Å². The Kier molecular flexibility index (Phi) is 9.73. The zero-order valence-corrected chi connectivity index (χ0v) is 24.9. The maximum absolute atomic E-state index is 12.8. The van der Waals surface area contributed by atoms with Crippen molar-refractivity contribution < 1.29 is 17.9 Å². The van der Waals surface area contributed by atoms with Crippen LogP contribution in [0.5, 0.6) is 0 Å². The number of piperidine rings is 1. The zero-order chi connectivity index (χ0) is 29.5. The van der Waals surface area contributed by atoms with Gasteiger partial charge in [0, 0.05) is 63.9 Å². The summed E-state index contributed by atoms with van der Waals surface area (Å²) in [5.41, 5.74) is 11.2. The number of aromatic nitrogens is 3. The van der Waals surface area contributed by atoms with Crippen LogP contribution >= 0.6 is 0 Å². The van der Waals surface area contributed by atoms with E-state index < -0.39 is 15.9 Å². The maximum Gasteiger partial charge on any atom is 0.250 e. The van der Waals surface area contributed by atoms with E-state index in [2.05, 4.69) is 38.1 Å². The normalized spacial score (nSPS) is 15.0. The molecule has 5 rings (SSSR count). The van der Waals surface area contributed by atoms with Gasteiger partial charge in [-0.25, -0.2) is 17.7 Å². The molecule has 1 aliphatic rings. The fraction of sp³-hybridized carbons (Fsp3) is 0.419. The summed E-state index contributed by atoms with van der Waals surface area (Å²) in [4.78, 5) is 19.9. The second-order valence-corrected chi connectivity index (χ2v) is 13.0. The van der Waals surface area contributed by atoms with Crippen molar-refractivity contribution in [2.75, 3.05) is 39.1 Å². The molecule has 0 atom stereocenters. The minimum atomic E-state index is -3.30. The highest BCUT2D eigenvalue weighted by Crippen LogP contribution is 2.37. The van der Waals surface area contributed by atoms with Crippen LogP contribution in [-0.2, 0) is 27.8 Å². The second-order valence-electron chi connectivity index (χ2n) is 10.9. The van der Waals surface area contributed by atoms with E-state index in [1.54, 1.807) is 17.6 Å². The number of hydrogen-bond acceptors (Lipinski definition) is 6. The average molecular weight is 593 g/mol. The van der Waals surface area contributed by atoms with E-state index in [4.69, 9.17) is 10.5 Å². The van der Waals surface area contributed by atoms with Crippen LogP contribution in [0.4, 0.5) is 0 Å². The Hall–Kier alpha value is -3.51. The van der Waals surface area contributed by atoms with E-state index in [0.29, 0.717) is 44.5 Å². The first-order valence-corrected chi connectivity index (χ1v) is 16.1. The molecule has 0 bridgehead atoms. The van der Waals surface area contributed by atoms with E-state index in [1.165, 1.54) is 0 Å². The standard InChI is InChI=1S/C31H40N6O4S/c1-41-15-4-16-42(39,40)37-12-7-24(8-13-37)29-21-35-30-27(29)18-26(19-28(30)31(32)38)25-6-2-5-23(17-25)20-33-9-3-11-36-14-10-34-22-36/h2,5-6,10,14,17-19,21-22,24,33,35H,3-4,7-9,11-13,15-16,20H2,1H3,(H2,32,38). The molecule has 11 heteroatoms. The Morgan fingerprint density at radius 2 is 2.00 bits per heavy atom. The van der Waals surface area contributed by atoms with Crippen LogP contribution in [0, 0.1) is 0 Å². The number of H-pyrrole nitrogens is 1. The topological polar surface area (TPSA) is 135 Å². The zero-order valence-electron chi connectivity index (χ0n) is 24.1. The van der Waals surface area contributed by atoms with Crippen LogP contribution in [0.1, 0.15) is 53.1 Å². The number of nitrogens with zero attached hydrogens (tertiary/aromatic N) is 3. The minimum absolute atomic E-state index is 0.101. The first-order valence-electron chi connectivity index (χ1n) is 14.5. The van der Waals surface area contributed by atoms with E-state index in [9.17, 15) is 13.2 Å². The highest BCUT2D eigenvalue weighted by Gasteiger charge is 2.30. The van der Waals surface area contributed by atoms with Crippen molar-refractivity contribution in [1.82, 2.24) is 24.2 Å². The predicted molar refractivity (Wildman–Crippen MR) is 165 cm³/mol. The number of hydrogen-bond donors (Lipinski definition) is 3. The molecule has 224 valence electrons. The van der Waals surface area contributed by atoms with Crippen LogP contribution in [-0.4, -0.2) is 72.3 Å². The number of amides is 1. The molecule has 3 heterocycles. The average Bonchev–Trinajstić information content (AvgIpc) is 3.67. The van der Waals surface area contributed by atoms with Gasteiger partial charge in [0.1, 0.15) is 0 Å². The van der Waals surface area contributed by atoms with Gasteiger partial charge in [-0.05, 0) is 78.6 Å². The lowest BCUT2D eigenvalue weighted by Gasteiger charge is -2.31. The molecule has 1 fully saturated rings. The Bertz CT molecular complexity index is 1590. The number of fused-ring (bicyclic) bond motifs is 1. The van der Waals surface area contributed by atoms with Gasteiger partial charge < -0.3 is 25.3 Å². The van der Waals surface area contributed by atoms with Gasteiger partial charge in [0.15, 0.2) is 0 Å². The number of primary amides is 1. The van der Waals surface area contributed by atoms with Gasteiger partial charge >= 0.3 is 0 Å². The summed E-state index contributed by atoms with van der Waals surface area (Å²) in [6.45, 7) is 3.94. The molecular weight excluding hydrogens is 552 g/mol. The Morgan fingerprint density at radius 1 is 1.17 bits per heavy atom. The summed E-state index contributed by atoms with van der Waals surface area (Å²) in [5, 5.41) is 4.48. The van der Waals surface area contributed by atoms with Crippen LogP contribution < -0.4 is 11.1 Å². The summed E-state index contributed by atoms with van der Waals surface area (Å²) in [7, 11) is -1.72. The molecule has 0 aliphatic carbocycles. The highest BCUT2D eigenvalue weighted by atomic mass is 32.2. The van der Waals surface area contributed by atoms with Crippen molar-refractivity contribution >= 4 is 26.8 Å². The molecule has 0 radical (unpaired) electrons. The molecule has 4 aromatic rings. The number of carbonyl (C=O) groups is 1. The lowest BCUT2D eigenvalue weighted by Crippen LogP contribution is -2.39. The number of imidazole rings is 1. The monoisotopic (exact) mass is 592 g/mol. The van der Waals surface area contributed by atoms with E-state index in [0.717, 1.165) is 59.2 Å².